The number of likely N-dealkylation sites (tertiary alicyclic amines) is 1. The summed E-state index contributed by atoms with van der Waals surface area (Å²) < 4.78 is 79.0. The minimum atomic E-state index is -3.18. The Morgan fingerprint density at radius 3 is 2.67 bits per heavy atom. The molecular weight excluding hydrogens is 669 g/mol. The lowest BCUT2D eigenvalue weighted by Crippen LogP contribution is -2.51. The molecule has 4 fully saturated rings. The van der Waals surface area contributed by atoms with E-state index in [0.29, 0.717) is 36.4 Å². The van der Waals surface area contributed by atoms with Gasteiger partial charge in [-0.1, -0.05) is 0 Å². The van der Waals surface area contributed by atoms with Crippen molar-refractivity contribution >= 4 is 33.9 Å². The lowest BCUT2D eigenvalue weighted by molar-refractivity contribution is -0.123. The molecule has 5 aliphatic rings. The highest BCUT2D eigenvalue weighted by molar-refractivity contribution is 5.98. The quantitative estimate of drug-likeness (QED) is 0.232. The summed E-state index contributed by atoms with van der Waals surface area (Å²) in [6.45, 7) is 1.39. The van der Waals surface area contributed by atoms with E-state index in [-0.39, 0.29) is 82.3 Å². The monoisotopic (exact) mass is 709 g/mol. The first-order valence-corrected chi connectivity index (χ1v) is 18.1. The number of benzene rings is 1. The first kappa shape index (κ1) is 32.8. The van der Waals surface area contributed by atoms with Gasteiger partial charge >= 0.3 is 0 Å². The van der Waals surface area contributed by atoms with Crippen LogP contribution in [-0.4, -0.2) is 66.8 Å². The van der Waals surface area contributed by atoms with Crippen molar-refractivity contribution < 1.29 is 31.5 Å². The highest BCUT2D eigenvalue weighted by atomic mass is 19.3. The van der Waals surface area contributed by atoms with Crippen molar-refractivity contribution in [3.05, 3.63) is 47.4 Å². The van der Waals surface area contributed by atoms with Crippen LogP contribution in [0.15, 0.2) is 30.3 Å². The third-order valence-electron chi connectivity index (χ3n) is 12.2. The minimum absolute atomic E-state index is 0.0120. The molecule has 3 saturated carbocycles. The predicted molar refractivity (Wildman–Crippen MR) is 179 cm³/mol. The number of piperidine rings is 1. The molecule has 270 valence electrons. The summed E-state index contributed by atoms with van der Waals surface area (Å²) in [7, 11) is 0. The number of fused-ring (bicyclic) bond motifs is 5. The summed E-state index contributed by atoms with van der Waals surface area (Å²) in [5.41, 5.74) is 7.34. The van der Waals surface area contributed by atoms with Crippen LogP contribution in [0.5, 0.6) is 0 Å². The third-order valence-corrected chi connectivity index (χ3v) is 12.2. The second kappa shape index (κ2) is 11.7. The van der Waals surface area contributed by atoms with Gasteiger partial charge in [0.2, 0.25) is 12.3 Å². The number of nitrogens with zero attached hydrogens (tertiary/aromatic N) is 5. The maximum Gasteiger partial charge on any atom is 0.265 e. The van der Waals surface area contributed by atoms with Crippen molar-refractivity contribution in [2.45, 2.75) is 101 Å². The Kier molecular flexibility index (Phi) is 7.54. The highest BCUT2D eigenvalue weighted by Gasteiger charge is 2.49. The molecule has 14 heteroatoms. The van der Waals surface area contributed by atoms with E-state index in [1.54, 1.807) is 30.0 Å². The van der Waals surface area contributed by atoms with Gasteiger partial charge in [0.15, 0.2) is 5.82 Å². The Morgan fingerprint density at radius 2 is 1.88 bits per heavy atom. The third kappa shape index (κ3) is 5.59. The average molecular weight is 710 g/mol. The molecule has 8 atom stereocenters. The van der Waals surface area contributed by atoms with E-state index in [2.05, 4.69) is 5.32 Å². The molecule has 0 spiro atoms. The van der Waals surface area contributed by atoms with Gasteiger partial charge in [-0.2, -0.15) is 0 Å². The van der Waals surface area contributed by atoms with Gasteiger partial charge in [0.1, 0.15) is 17.0 Å². The molecule has 0 radical (unpaired) electrons. The number of pyridine rings is 1. The second-order valence-electron chi connectivity index (χ2n) is 15.6. The molecule has 2 aliphatic heterocycles. The molecule has 1 saturated heterocycles. The van der Waals surface area contributed by atoms with Crippen molar-refractivity contribution in [1.82, 2.24) is 29.3 Å². The average Bonchev–Trinajstić information content (AvgIpc) is 3.93. The number of amides is 2. The number of alkyl halides is 4. The topological polar surface area (TPSA) is 111 Å². The SMILES string of the molecule is C[C@H]1NC(=O)[C@@H]2C[C@H]2CCCC(F)(F)Cn2c(-c3nc4cc(C(=O)N5C[C@H](N)[C@@H]6CC[C@H]5C6)cc(F)c4n3[C@@H]3C[C@@H]3C(F)F)cc3ccc1nc32. The van der Waals surface area contributed by atoms with Crippen molar-refractivity contribution in [2.24, 2.45) is 29.4 Å². The summed E-state index contributed by atoms with van der Waals surface area (Å²) in [5, 5.41) is 3.52. The molecule has 51 heavy (non-hydrogen) atoms. The van der Waals surface area contributed by atoms with Gasteiger partial charge in [0.25, 0.3) is 11.8 Å². The number of carbonyl (C=O) groups excluding carboxylic acids is 2. The smallest absolute Gasteiger partial charge is 0.265 e. The fourth-order valence-electron chi connectivity index (χ4n) is 9.12. The molecule has 4 aromatic rings. The standard InChI is InChI=1S/C37H40F5N7O2/c1-17-27-7-5-20-13-30(48(33(20)45-27)16-37(41,42)8-2-3-18-10-23(18)35(50)44-17)34-46-28-12-21(36(51)47-15-26(43)19-4-6-22(47)9-19)11-25(38)31(28)49(34)29-14-24(29)32(39)40/h5,7,11-13,17-19,22-24,26,29,32H,2-4,6,8-10,14-16,43H2,1H3,(H,44,50)/t17-,18-,19-,22+,23-,24+,26+,29-/m1/s1. The zero-order valence-electron chi connectivity index (χ0n) is 28.2. The second-order valence-corrected chi connectivity index (χ2v) is 15.6. The largest absolute Gasteiger partial charge is 0.348 e. The van der Waals surface area contributed by atoms with Crippen LogP contribution in [0.4, 0.5) is 22.0 Å². The predicted octanol–water partition coefficient (Wildman–Crippen LogP) is 6.60. The summed E-state index contributed by atoms with van der Waals surface area (Å²) in [6.07, 6.45) is 0.929. The van der Waals surface area contributed by atoms with Crippen LogP contribution < -0.4 is 11.1 Å². The van der Waals surface area contributed by atoms with Crippen LogP contribution in [0, 0.1) is 29.5 Å². The van der Waals surface area contributed by atoms with Crippen LogP contribution in [0.2, 0.25) is 0 Å². The van der Waals surface area contributed by atoms with Crippen LogP contribution >= 0.6 is 0 Å². The Bertz CT molecular complexity index is 2080. The van der Waals surface area contributed by atoms with Crippen LogP contribution in [-0.2, 0) is 11.3 Å². The molecule has 3 N–H and O–H groups in total. The van der Waals surface area contributed by atoms with Gasteiger partial charge in [-0.3, -0.25) is 9.59 Å². The maximum absolute atomic E-state index is 16.3. The molecule has 3 aromatic heterocycles. The Balaban J connectivity index is 1.19. The first-order valence-electron chi connectivity index (χ1n) is 18.1. The molecule has 9 rings (SSSR count). The lowest BCUT2D eigenvalue weighted by Gasteiger charge is -2.37. The highest BCUT2D eigenvalue weighted by Crippen LogP contribution is 2.51. The van der Waals surface area contributed by atoms with Crippen LogP contribution in [0.25, 0.3) is 33.6 Å². The van der Waals surface area contributed by atoms with Gasteiger partial charge in [0, 0.05) is 53.9 Å². The van der Waals surface area contributed by atoms with E-state index in [1.807, 2.05) is 0 Å². The molecule has 1 aromatic carbocycles. The number of aromatic nitrogens is 4. The number of halogens is 5. The molecule has 0 unspecified atom stereocenters. The van der Waals surface area contributed by atoms with Crippen molar-refractivity contribution in [3.63, 3.8) is 0 Å². The number of carbonyl (C=O) groups is 2. The molecule has 3 aliphatic carbocycles. The zero-order chi connectivity index (χ0) is 35.5. The van der Waals surface area contributed by atoms with Gasteiger partial charge < -0.3 is 25.1 Å². The normalized spacial score (nSPS) is 31.6. The summed E-state index contributed by atoms with van der Waals surface area (Å²) in [4.78, 5) is 37.9. The zero-order valence-corrected chi connectivity index (χ0v) is 28.2. The fraction of sp³-hybridized carbons (Fsp3) is 0.568. The van der Waals surface area contributed by atoms with Gasteiger partial charge in [-0.25, -0.2) is 31.9 Å². The van der Waals surface area contributed by atoms with E-state index in [4.69, 9.17) is 15.7 Å². The molecular formula is C37H40F5N7O2. The van der Waals surface area contributed by atoms with Crippen LogP contribution in [0.1, 0.15) is 86.4 Å². The van der Waals surface area contributed by atoms with E-state index in [9.17, 15) is 18.4 Å². The maximum atomic E-state index is 16.3. The molecule has 2 amide bonds. The van der Waals surface area contributed by atoms with E-state index < -0.39 is 49.1 Å². The van der Waals surface area contributed by atoms with E-state index >= 15 is 13.2 Å². The molecule has 9 nitrogen and oxygen atoms in total. The number of hydrogen-bond acceptors (Lipinski definition) is 5. The number of nitrogens with one attached hydrogen (secondary N) is 1. The summed E-state index contributed by atoms with van der Waals surface area (Å²) in [6, 6.07) is 6.20. The Hall–Kier alpha value is -4.07. The van der Waals surface area contributed by atoms with Crippen molar-refractivity contribution in [3.8, 4) is 11.5 Å². The Morgan fingerprint density at radius 1 is 1.06 bits per heavy atom. The first-order chi connectivity index (χ1) is 24.4. The Labute approximate surface area is 290 Å². The fourth-order valence-corrected chi connectivity index (χ4v) is 9.12. The minimum Gasteiger partial charge on any atom is -0.348 e. The number of rotatable bonds is 4. The lowest BCUT2D eigenvalue weighted by atomic mass is 9.94. The van der Waals surface area contributed by atoms with Gasteiger partial charge in [-0.15, -0.1) is 0 Å². The van der Waals surface area contributed by atoms with E-state index in [0.717, 1.165) is 25.3 Å². The summed E-state index contributed by atoms with van der Waals surface area (Å²) >= 11 is 0. The molecule has 5 heterocycles. The van der Waals surface area contributed by atoms with Crippen molar-refractivity contribution in [2.75, 3.05) is 6.54 Å². The van der Waals surface area contributed by atoms with E-state index in [1.165, 1.54) is 15.2 Å². The van der Waals surface area contributed by atoms with Crippen molar-refractivity contribution in [1.29, 1.82) is 0 Å². The van der Waals surface area contributed by atoms with Crippen LogP contribution in [0.3, 0.4) is 0 Å². The summed E-state index contributed by atoms with van der Waals surface area (Å²) in [5.74, 6) is -5.24. The van der Waals surface area contributed by atoms with Gasteiger partial charge in [-0.05, 0) is 94.0 Å². The number of nitrogens with two attached hydrogens (primary N) is 1. The molecule has 4 bridgehead atoms. The number of hydrogen-bond donors (Lipinski definition) is 2. The number of imidazole rings is 1. The van der Waals surface area contributed by atoms with Gasteiger partial charge in [0.05, 0.1) is 29.5 Å².